The van der Waals surface area contributed by atoms with E-state index in [4.69, 9.17) is 4.18 Å². The van der Waals surface area contributed by atoms with Gasteiger partial charge in [0, 0.05) is 17.7 Å². The maximum Gasteiger partial charge on any atom is 0.288 e. The van der Waals surface area contributed by atoms with Gasteiger partial charge in [-0.3, -0.25) is 0 Å². The average Bonchev–Trinajstić information content (AvgIpc) is 2.67. The summed E-state index contributed by atoms with van der Waals surface area (Å²) >= 11 is -1.48. The van der Waals surface area contributed by atoms with E-state index < -0.39 is 11.3 Å². The first-order valence-corrected chi connectivity index (χ1v) is 10.2. The van der Waals surface area contributed by atoms with Crippen LogP contribution in [-0.4, -0.2) is 4.21 Å². The van der Waals surface area contributed by atoms with Crippen molar-refractivity contribution in [2.75, 3.05) is 0 Å². The van der Waals surface area contributed by atoms with Crippen LogP contribution < -0.4 is 8.91 Å². The van der Waals surface area contributed by atoms with Crippen LogP contribution in [0.25, 0.3) is 22.3 Å². The standard InChI is InChI=1S/C23H23NO2S/c1-23(2,3)20-13-11-17(12-14-20)16-7-9-18(10-8-16)21-6-4-5-19-15-24-27(25)26-22(19)21/h4-14,24H,15H2,1-3H3. The molecule has 0 saturated heterocycles. The third-order valence-corrected chi connectivity index (χ3v) is 5.61. The SMILES string of the molecule is CC(C)(C)c1ccc(-c2ccc(-c3cccc4c3OS(=O)NC4)cc2)cc1. The number of hydrogen-bond acceptors (Lipinski definition) is 2. The van der Waals surface area contributed by atoms with Crippen molar-refractivity contribution < 1.29 is 8.39 Å². The fourth-order valence-electron chi connectivity index (χ4n) is 3.30. The lowest BCUT2D eigenvalue weighted by Crippen LogP contribution is -2.26. The van der Waals surface area contributed by atoms with Crippen molar-refractivity contribution in [3.8, 4) is 28.0 Å². The normalized spacial score (nSPS) is 16.5. The van der Waals surface area contributed by atoms with Gasteiger partial charge in [-0.15, -0.1) is 0 Å². The molecule has 1 heterocycles. The Bertz CT molecular complexity index is 986. The molecule has 3 aromatic rings. The Morgan fingerprint density at radius 2 is 1.44 bits per heavy atom. The van der Waals surface area contributed by atoms with Crippen molar-refractivity contribution in [3.05, 3.63) is 77.9 Å². The van der Waals surface area contributed by atoms with E-state index in [1.807, 2.05) is 18.2 Å². The van der Waals surface area contributed by atoms with Crippen LogP contribution in [0.3, 0.4) is 0 Å². The van der Waals surface area contributed by atoms with E-state index >= 15 is 0 Å². The Kier molecular flexibility index (Phi) is 4.62. The average molecular weight is 378 g/mol. The molecule has 1 aliphatic heterocycles. The van der Waals surface area contributed by atoms with Gasteiger partial charge < -0.3 is 4.18 Å². The molecule has 1 unspecified atom stereocenters. The van der Waals surface area contributed by atoms with Crippen molar-refractivity contribution in [1.82, 2.24) is 4.72 Å². The van der Waals surface area contributed by atoms with Gasteiger partial charge in [0.2, 0.25) is 0 Å². The molecule has 1 N–H and O–H groups in total. The predicted octanol–water partition coefficient (Wildman–Crippen LogP) is 5.38. The summed E-state index contributed by atoms with van der Waals surface area (Å²) in [5.41, 5.74) is 6.91. The van der Waals surface area contributed by atoms with E-state index in [-0.39, 0.29) is 5.41 Å². The van der Waals surface area contributed by atoms with Gasteiger partial charge in [-0.2, -0.15) is 8.93 Å². The molecule has 3 nitrogen and oxygen atoms in total. The highest BCUT2D eigenvalue weighted by molar-refractivity contribution is 7.78. The summed E-state index contributed by atoms with van der Waals surface area (Å²) in [4.78, 5) is 0. The number of nitrogens with one attached hydrogen (secondary N) is 1. The highest BCUT2D eigenvalue weighted by atomic mass is 32.2. The zero-order valence-corrected chi connectivity index (χ0v) is 16.6. The molecule has 0 spiro atoms. The highest BCUT2D eigenvalue weighted by Crippen LogP contribution is 2.36. The first kappa shape index (κ1) is 18.0. The van der Waals surface area contributed by atoms with Gasteiger partial charge in [0.05, 0.1) is 0 Å². The minimum absolute atomic E-state index is 0.156. The summed E-state index contributed by atoms with van der Waals surface area (Å²) in [5.74, 6) is 0.705. The lowest BCUT2D eigenvalue weighted by Gasteiger charge is -2.20. The number of para-hydroxylation sites is 1. The van der Waals surface area contributed by atoms with E-state index in [0.29, 0.717) is 12.3 Å². The summed E-state index contributed by atoms with van der Waals surface area (Å²) in [5, 5.41) is 0. The Morgan fingerprint density at radius 3 is 2.07 bits per heavy atom. The van der Waals surface area contributed by atoms with E-state index in [0.717, 1.165) is 16.7 Å². The van der Waals surface area contributed by atoms with Gasteiger partial charge in [-0.05, 0) is 27.7 Å². The van der Waals surface area contributed by atoms with Crippen LogP contribution in [0.1, 0.15) is 31.9 Å². The van der Waals surface area contributed by atoms with Gasteiger partial charge in [-0.1, -0.05) is 87.5 Å². The Labute approximate surface area is 163 Å². The van der Waals surface area contributed by atoms with Gasteiger partial charge >= 0.3 is 0 Å². The van der Waals surface area contributed by atoms with E-state index in [9.17, 15) is 4.21 Å². The maximum absolute atomic E-state index is 11.7. The summed E-state index contributed by atoms with van der Waals surface area (Å²) in [6.45, 7) is 7.22. The van der Waals surface area contributed by atoms with Gasteiger partial charge in [0.15, 0.2) is 5.75 Å². The van der Waals surface area contributed by atoms with Crippen molar-refractivity contribution >= 4 is 11.3 Å². The molecule has 0 aliphatic carbocycles. The molecule has 1 aliphatic rings. The molecular formula is C23H23NO2S. The Hall–Kier alpha value is -2.43. The van der Waals surface area contributed by atoms with Crippen LogP contribution in [0.2, 0.25) is 0 Å². The summed E-state index contributed by atoms with van der Waals surface area (Å²) in [6, 6.07) is 23.2. The third-order valence-electron chi connectivity index (χ3n) is 4.92. The quantitative estimate of drug-likeness (QED) is 0.651. The molecule has 0 bridgehead atoms. The molecule has 0 aromatic heterocycles. The van der Waals surface area contributed by atoms with E-state index in [1.165, 1.54) is 16.7 Å². The van der Waals surface area contributed by atoms with Crippen molar-refractivity contribution in [3.63, 3.8) is 0 Å². The number of hydrogen-bond donors (Lipinski definition) is 1. The van der Waals surface area contributed by atoms with E-state index in [2.05, 4.69) is 74.0 Å². The molecule has 4 heteroatoms. The van der Waals surface area contributed by atoms with Crippen molar-refractivity contribution in [2.45, 2.75) is 32.7 Å². The van der Waals surface area contributed by atoms with Crippen LogP contribution in [0.15, 0.2) is 66.7 Å². The molecule has 3 aromatic carbocycles. The number of benzene rings is 3. The van der Waals surface area contributed by atoms with Crippen LogP contribution in [0.4, 0.5) is 0 Å². The minimum Gasteiger partial charge on any atom is -0.388 e. The maximum atomic E-state index is 11.7. The smallest absolute Gasteiger partial charge is 0.288 e. The summed E-state index contributed by atoms with van der Waals surface area (Å²) in [7, 11) is 0. The minimum atomic E-state index is -1.48. The molecule has 1 atom stereocenters. The molecule has 138 valence electrons. The highest BCUT2D eigenvalue weighted by Gasteiger charge is 2.19. The zero-order valence-electron chi connectivity index (χ0n) is 15.8. The first-order valence-electron chi connectivity index (χ1n) is 9.09. The van der Waals surface area contributed by atoms with Gasteiger partial charge in [0.25, 0.3) is 11.3 Å². The molecule has 0 amide bonds. The summed E-state index contributed by atoms with van der Waals surface area (Å²) < 4.78 is 20.1. The largest absolute Gasteiger partial charge is 0.388 e. The molecule has 0 saturated carbocycles. The monoisotopic (exact) mass is 377 g/mol. The fraction of sp³-hybridized carbons (Fsp3) is 0.217. The van der Waals surface area contributed by atoms with Crippen LogP contribution in [0.5, 0.6) is 5.75 Å². The van der Waals surface area contributed by atoms with E-state index in [1.54, 1.807) is 0 Å². The molecule has 4 rings (SSSR count). The predicted molar refractivity (Wildman–Crippen MR) is 112 cm³/mol. The second-order valence-corrected chi connectivity index (χ2v) is 8.76. The second-order valence-electron chi connectivity index (χ2n) is 7.84. The number of fused-ring (bicyclic) bond motifs is 1. The van der Waals surface area contributed by atoms with Crippen LogP contribution in [0, 0.1) is 0 Å². The molecule has 0 radical (unpaired) electrons. The second kappa shape index (κ2) is 6.95. The topological polar surface area (TPSA) is 38.3 Å². The Morgan fingerprint density at radius 1 is 0.852 bits per heavy atom. The number of rotatable bonds is 2. The lowest BCUT2D eigenvalue weighted by atomic mass is 9.86. The Balaban J connectivity index is 1.65. The van der Waals surface area contributed by atoms with Gasteiger partial charge in [-0.25, -0.2) is 0 Å². The first-order chi connectivity index (χ1) is 12.9. The lowest BCUT2D eigenvalue weighted by molar-refractivity contribution is 0.525. The van der Waals surface area contributed by atoms with Crippen molar-refractivity contribution in [2.24, 2.45) is 0 Å². The van der Waals surface area contributed by atoms with Crippen LogP contribution in [-0.2, 0) is 23.2 Å². The fourth-order valence-corrected chi connectivity index (χ4v) is 3.98. The van der Waals surface area contributed by atoms with Crippen LogP contribution >= 0.6 is 0 Å². The van der Waals surface area contributed by atoms with Crippen molar-refractivity contribution in [1.29, 1.82) is 0 Å². The zero-order chi connectivity index (χ0) is 19.0. The summed E-state index contributed by atoms with van der Waals surface area (Å²) in [6.07, 6.45) is 0. The van der Waals surface area contributed by atoms with Gasteiger partial charge in [0.1, 0.15) is 0 Å². The molecule has 0 fully saturated rings. The molecular weight excluding hydrogens is 354 g/mol. The third kappa shape index (κ3) is 3.68. The molecule has 27 heavy (non-hydrogen) atoms.